The molecule has 0 radical (unpaired) electrons. The van der Waals surface area contributed by atoms with Crippen LogP contribution < -0.4 is 0 Å². The Labute approximate surface area is 204 Å². The number of fused-ring (bicyclic) bond motifs is 5. The number of hydrogen-bond acceptors (Lipinski definition) is 6. The summed E-state index contributed by atoms with van der Waals surface area (Å²) in [6.07, 6.45) is 1.19. The number of aliphatic hydroxyl groups excluding tert-OH is 4. The van der Waals surface area contributed by atoms with Gasteiger partial charge in [0.05, 0.1) is 30.8 Å². The van der Waals surface area contributed by atoms with Gasteiger partial charge in [-0.3, -0.25) is 4.79 Å². The van der Waals surface area contributed by atoms with Crippen LogP contribution in [0.3, 0.4) is 0 Å². The Morgan fingerprint density at radius 2 is 1.68 bits per heavy atom. The molecule has 6 heteroatoms. The van der Waals surface area contributed by atoms with Gasteiger partial charge in [-0.1, -0.05) is 41.2 Å². The zero-order valence-electron chi connectivity index (χ0n) is 21.6. The Morgan fingerprint density at radius 1 is 1.03 bits per heavy atom. The van der Waals surface area contributed by atoms with Crippen molar-refractivity contribution in [3.05, 3.63) is 12.2 Å². The van der Waals surface area contributed by atoms with Gasteiger partial charge in [-0.05, 0) is 90.4 Å². The molecule has 6 nitrogen and oxygen atoms in total. The maximum absolute atomic E-state index is 13.0. The molecular formula is C28H46O6. The highest BCUT2D eigenvalue weighted by Crippen LogP contribution is 2.66. The molecule has 194 valence electrons. The molecule has 12 atom stereocenters. The summed E-state index contributed by atoms with van der Waals surface area (Å²) in [6, 6.07) is 0. The SMILES string of the molecule is C=C(C(C)C)[C@@H](O)[C@H](O)[C@@H](C)C1CCC2C3COC(=O)C4C[C@H](O)[C@H](O)C[C@]4(C)C3CC[C@@]21C. The van der Waals surface area contributed by atoms with Gasteiger partial charge in [0.15, 0.2) is 0 Å². The standard InChI is InChI=1S/C28H46O6/c1-14(2)15(3)24(31)25(32)16(4)18-7-8-19-17-13-34-26(33)21-11-22(29)23(30)12-28(21,6)20(17)9-10-27(18,19)5/h14,16-25,29-32H,3,7-13H2,1-2,4-6H3/t16-,17?,18?,19?,20?,21?,22-,23+,24+,25+,27+,28+/m0/s1. The number of carbonyl (C=O) groups excluding carboxylic acids is 1. The van der Waals surface area contributed by atoms with Crippen molar-refractivity contribution in [3.8, 4) is 0 Å². The van der Waals surface area contributed by atoms with E-state index in [1.54, 1.807) is 0 Å². The third-order valence-corrected chi connectivity index (χ3v) is 11.0. The molecular weight excluding hydrogens is 432 g/mol. The monoisotopic (exact) mass is 478 g/mol. The Balaban J connectivity index is 1.58. The van der Waals surface area contributed by atoms with Gasteiger partial charge in [0.2, 0.25) is 0 Å². The number of ether oxygens (including phenoxy) is 1. The van der Waals surface area contributed by atoms with Crippen LogP contribution in [0.1, 0.15) is 73.1 Å². The Hall–Kier alpha value is -0.950. The van der Waals surface area contributed by atoms with E-state index < -0.39 is 24.4 Å². The predicted octanol–water partition coefficient (Wildman–Crippen LogP) is 3.31. The molecule has 34 heavy (non-hydrogen) atoms. The van der Waals surface area contributed by atoms with E-state index in [-0.39, 0.29) is 58.7 Å². The first-order chi connectivity index (χ1) is 15.8. The third kappa shape index (κ3) is 3.97. The first-order valence-electron chi connectivity index (χ1n) is 13.4. The van der Waals surface area contributed by atoms with E-state index in [2.05, 4.69) is 27.4 Å². The molecule has 0 aromatic heterocycles. The largest absolute Gasteiger partial charge is 0.465 e. The van der Waals surface area contributed by atoms with Crippen LogP contribution in [0, 0.1) is 52.3 Å². The molecule has 0 aromatic carbocycles. The summed E-state index contributed by atoms with van der Waals surface area (Å²) in [4.78, 5) is 13.0. The topological polar surface area (TPSA) is 107 Å². The van der Waals surface area contributed by atoms with E-state index in [4.69, 9.17) is 4.74 Å². The smallest absolute Gasteiger partial charge is 0.309 e. The van der Waals surface area contributed by atoms with Crippen molar-refractivity contribution in [2.45, 2.75) is 97.6 Å². The first kappa shape index (κ1) is 26.1. The third-order valence-electron chi connectivity index (χ3n) is 11.0. The second-order valence-corrected chi connectivity index (χ2v) is 12.9. The molecule has 1 aliphatic heterocycles. The van der Waals surface area contributed by atoms with Gasteiger partial charge < -0.3 is 25.2 Å². The van der Waals surface area contributed by atoms with Gasteiger partial charge in [-0.25, -0.2) is 0 Å². The fraction of sp³-hybridized carbons (Fsp3) is 0.893. The number of rotatable bonds is 5. The van der Waals surface area contributed by atoms with Crippen LogP contribution in [0.25, 0.3) is 0 Å². The Bertz CT molecular complexity index is 796. The number of cyclic esters (lactones) is 1. The molecule has 4 rings (SSSR count). The molecule has 0 aromatic rings. The minimum atomic E-state index is -0.928. The van der Waals surface area contributed by atoms with Crippen molar-refractivity contribution in [2.75, 3.05) is 6.61 Å². The lowest BCUT2D eigenvalue weighted by Gasteiger charge is -2.56. The number of aliphatic hydroxyl groups is 4. The molecule has 3 aliphatic carbocycles. The molecule has 0 amide bonds. The van der Waals surface area contributed by atoms with Crippen LogP contribution in [0.4, 0.5) is 0 Å². The van der Waals surface area contributed by atoms with E-state index in [1.807, 2.05) is 13.8 Å². The van der Waals surface area contributed by atoms with Gasteiger partial charge in [0.1, 0.15) is 6.10 Å². The molecule has 1 saturated heterocycles. The summed E-state index contributed by atoms with van der Waals surface area (Å²) in [5.41, 5.74) is 0.290. The molecule has 4 N–H and O–H groups in total. The van der Waals surface area contributed by atoms with Crippen LogP contribution in [-0.4, -0.2) is 57.4 Å². The van der Waals surface area contributed by atoms with Crippen molar-refractivity contribution >= 4 is 5.97 Å². The Kier molecular flexibility index (Phi) is 7.05. The van der Waals surface area contributed by atoms with Gasteiger partial charge in [-0.2, -0.15) is 0 Å². The zero-order valence-corrected chi connectivity index (χ0v) is 21.6. The van der Waals surface area contributed by atoms with Crippen molar-refractivity contribution in [1.29, 1.82) is 0 Å². The first-order valence-corrected chi connectivity index (χ1v) is 13.4. The highest BCUT2D eigenvalue weighted by molar-refractivity contribution is 5.74. The van der Waals surface area contributed by atoms with Crippen molar-refractivity contribution in [2.24, 2.45) is 52.3 Å². The molecule has 3 saturated carbocycles. The number of carbonyl (C=O) groups is 1. The molecule has 4 fully saturated rings. The van der Waals surface area contributed by atoms with E-state index in [0.717, 1.165) is 25.7 Å². The second-order valence-electron chi connectivity index (χ2n) is 12.9. The quantitative estimate of drug-likeness (QED) is 0.357. The van der Waals surface area contributed by atoms with E-state index >= 15 is 0 Å². The average Bonchev–Trinajstić information content (AvgIpc) is 3.09. The summed E-state index contributed by atoms with van der Waals surface area (Å²) in [5.74, 6) is 0.546. The van der Waals surface area contributed by atoms with Gasteiger partial charge in [0.25, 0.3) is 0 Å². The van der Waals surface area contributed by atoms with E-state index in [0.29, 0.717) is 24.5 Å². The minimum absolute atomic E-state index is 0.00412. The zero-order chi connectivity index (χ0) is 25.2. The lowest BCUT2D eigenvalue weighted by molar-refractivity contribution is -0.162. The number of hydrogen-bond donors (Lipinski definition) is 4. The maximum atomic E-state index is 13.0. The normalized spacial score (nSPS) is 47.0. The van der Waals surface area contributed by atoms with Crippen LogP contribution in [0.5, 0.6) is 0 Å². The van der Waals surface area contributed by atoms with Crippen LogP contribution in [-0.2, 0) is 9.53 Å². The fourth-order valence-electron chi connectivity index (χ4n) is 8.78. The van der Waals surface area contributed by atoms with Crippen LogP contribution >= 0.6 is 0 Å². The van der Waals surface area contributed by atoms with Gasteiger partial charge >= 0.3 is 5.97 Å². The van der Waals surface area contributed by atoms with Gasteiger partial charge in [0, 0.05) is 0 Å². The summed E-state index contributed by atoms with van der Waals surface area (Å²) in [7, 11) is 0. The molecule has 4 aliphatic rings. The van der Waals surface area contributed by atoms with Crippen LogP contribution in [0.2, 0.25) is 0 Å². The lowest BCUT2D eigenvalue weighted by atomic mass is 9.48. The highest BCUT2D eigenvalue weighted by atomic mass is 16.5. The molecule has 5 unspecified atom stereocenters. The predicted molar refractivity (Wildman–Crippen MR) is 129 cm³/mol. The Morgan fingerprint density at radius 3 is 2.32 bits per heavy atom. The molecule has 0 bridgehead atoms. The maximum Gasteiger partial charge on any atom is 0.309 e. The summed E-state index contributed by atoms with van der Waals surface area (Å²) in [6.45, 7) is 14.9. The van der Waals surface area contributed by atoms with Crippen LogP contribution in [0.15, 0.2) is 12.2 Å². The van der Waals surface area contributed by atoms with E-state index in [1.165, 1.54) is 0 Å². The van der Waals surface area contributed by atoms with Gasteiger partial charge in [-0.15, -0.1) is 0 Å². The summed E-state index contributed by atoms with van der Waals surface area (Å²) < 4.78 is 5.85. The summed E-state index contributed by atoms with van der Waals surface area (Å²) in [5, 5.41) is 42.7. The van der Waals surface area contributed by atoms with Crippen molar-refractivity contribution in [3.63, 3.8) is 0 Å². The van der Waals surface area contributed by atoms with Crippen molar-refractivity contribution in [1.82, 2.24) is 0 Å². The van der Waals surface area contributed by atoms with E-state index in [9.17, 15) is 25.2 Å². The summed E-state index contributed by atoms with van der Waals surface area (Å²) >= 11 is 0. The second kappa shape index (κ2) is 9.17. The lowest BCUT2D eigenvalue weighted by Crippen LogP contribution is -2.55. The average molecular weight is 479 g/mol. The molecule has 1 heterocycles. The number of esters is 1. The molecule has 0 spiro atoms. The fourth-order valence-corrected chi connectivity index (χ4v) is 8.78. The minimum Gasteiger partial charge on any atom is -0.465 e. The highest BCUT2D eigenvalue weighted by Gasteiger charge is 2.63. The van der Waals surface area contributed by atoms with Crippen molar-refractivity contribution < 1.29 is 30.0 Å².